The van der Waals surface area contributed by atoms with Crippen LogP contribution in [0.1, 0.15) is 57.1 Å². The van der Waals surface area contributed by atoms with Crippen LogP contribution in [-0.2, 0) is 0 Å². The molecule has 43 heavy (non-hydrogen) atoms. The van der Waals surface area contributed by atoms with Crippen molar-refractivity contribution >= 4 is 18.7 Å². The van der Waals surface area contributed by atoms with Crippen LogP contribution in [0.25, 0.3) is 5.57 Å². The van der Waals surface area contributed by atoms with Crippen LogP contribution in [0.3, 0.4) is 0 Å². The van der Waals surface area contributed by atoms with Gasteiger partial charge >= 0.3 is 7.40 Å². The van der Waals surface area contributed by atoms with Crippen molar-refractivity contribution < 1.29 is 8.63 Å². The van der Waals surface area contributed by atoms with E-state index in [2.05, 4.69) is 19.9 Å². The summed E-state index contributed by atoms with van der Waals surface area (Å²) in [4.78, 5) is 18.2. The Bertz CT molecular complexity index is 1820. The van der Waals surface area contributed by atoms with Crippen molar-refractivity contribution in [1.82, 2.24) is 24.4 Å². The van der Waals surface area contributed by atoms with Gasteiger partial charge in [0.15, 0.2) is 0 Å². The highest BCUT2D eigenvalue weighted by atomic mass is 19.2. The zero-order chi connectivity index (χ0) is 29.3. The number of rotatable bonds is 9. The Labute approximate surface area is 248 Å². The molecule has 212 valence electrons. The number of hydrogen-bond donors (Lipinski definition) is 4. The fraction of sp³-hybridized carbons (Fsp3) is 0.0882. The van der Waals surface area contributed by atoms with Gasteiger partial charge in [-0.05, 0) is 85.3 Å². The largest absolute Gasteiger partial charge is 0.677 e. The van der Waals surface area contributed by atoms with Crippen molar-refractivity contribution in [3.63, 3.8) is 0 Å². The number of benzene rings is 1. The average Bonchev–Trinajstić information content (AvgIpc) is 3.83. The van der Waals surface area contributed by atoms with Crippen LogP contribution in [0, 0.1) is 6.92 Å². The second-order valence-electron chi connectivity index (χ2n) is 10.7. The monoisotopic (exact) mass is 570 g/mol. The molecular weight excluding hydrogens is 541 g/mol. The van der Waals surface area contributed by atoms with E-state index in [1.807, 2.05) is 117 Å². The number of allylic oxidation sites excluding steroid dienone is 2. The van der Waals surface area contributed by atoms with E-state index in [1.165, 1.54) is 0 Å². The molecule has 0 bridgehead atoms. The topological polar surface area (TPSA) is 80.4 Å². The fourth-order valence-corrected chi connectivity index (χ4v) is 6.01. The Morgan fingerprint density at radius 2 is 1.21 bits per heavy atom. The zero-order valence-corrected chi connectivity index (χ0v) is 23.4. The van der Waals surface area contributed by atoms with Gasteiger partial charge in [0.2, 0.25) is 0 Å². The van der Waals surface area contributed by atoms with Crippen LogP contribution in [0.15, 0.2) is 133 Å². The summed E-state index contributed by atoms with van der Waals surface area (Å²) in [5, 5.41) is 0. The molecule has 0 amide bonds. The van der Waals surface area contributed by atoms with Crippen molar-refractivity contribution in [3.05, 3.63) is 173 Å². The number of aromatic nitrogens is 5. The third-order valence-corrected chi connectivity index (χ3v) is 7.98. The number of aliphatic imine (C=N–C) groups is 1. The minimum Gasteiger partial charge on any atom is -0.364 e. The summed E-state index contributed by atoms with van der Waals surface area (Å²) in [7, 11) is -2.78. The first-order valence-electron chi connectivity index (χ1n) is 14.2. The van der Waals surface area contributed by atoms with Crippen molar-refractivity contribution in [1.29, 1.82) is 0 Å². The Morgan fingerprint density at radius 1 is 0.674 bits per heavy atom. The first kappa shape index (κ1) is 26.6. The Morgan fingerprint density at radius 3 is 1.70 bits per heavy atom. The third-order valence-electron chi connectivity index (χ3n) is 7.98. The molecule has 1 aliphatic heterocycles. The maximum atomic E-state index is 15.2. The minimum atomic E-state index is -2.78. The lowest BCUT2D eigenvalue weighted by Crippen LogP contribution is -2.22. The predicted octanol–water partition coefficient (Wildman–Crippen LogP) is 7.66. The second-order valence-corrected chi connectivity index (χ2v) is 10.7. The lowest BCUT2D eigenvalue weighted by atomic mass is 9.95. The molecule has 5 aromatic heterocycles. The SMILES string of the molecule is Cc1ccc(/C(=C2/C=CC(C(c3ccc[nH]3)c3ccc[nH]3)=N2)c2ccc(C(c3ccc[nH]3)c3ccc[nH]3)n2B(F)F)cc1. The number of hydrogen-bond acceptors (Lipinski definition) is 1. The summed E-state index contributed by atoms with van der Waals surface area (Å²) in [6.45, 7) is 2.01. The molecule has 1 aromatic carbocycles. The normalized spacial score (nSPS) is 14.2. The number of aryl methyl sites for hydroxylation is 1. The van der Waals surface area contributed by atoms with Crippen LogP contribution in [0.2, 0.25) is 0 Å². The van der Waals surface area contributed by atoms with E-state index in [-0.39, 0.29) is 5.92 Å². The molecule has 0 atom stereocenters. The molecule has 0 aliphatic carbocycles. The van der Waals surface area contributed by atoms with E-state index in [4.69, 9.17) is 4.99 Å². The molecule has 0 saturated carbocycles. The number of nitrogens with one attached hydrogen (secondary N) is 4. The van der Waals surface area contributed by atoms with Crippen LogP contribution in [0.5, 0.6) is 0 Å². The van der Waals surface area contributed by atoms with Gasteiger partial charge in [-0.3, -0.25) is 13.6 Å². The van der Waals surface area contributed by atoms with Gasteiger partial charge in [-0.2, -0.15) is 0 Å². The summed E-state index contributed by atoms with van der Waals surface area (Å²) < 4.78 is 31.6. The lowest BCUT2D eigenvalue weighted by molar-refractivity contribution is 0.616. The van der Waals surface area contributed by atoms with Gasteiger partial charge in [-0.1, -0.05) is 29.8 Å². The van der Waals surface area contributed by atoms with Crippen molar-refractivity contribution in [3.8, 4) is 0 Å². The van der Waals surface area contributed by atoms with E-state index in [0.717, 1.165) is 44.1 Å². The Kier molecular flexibility index (Phi) is 6.91. The molecule has 0 unspecified atom stereocenters. The van der Waals surface area contributed by atoms with Crippen molar-refractivity contribution in [2.45, 2.75) is 18.8 Å². The highest BCUT2D eigenvalue weighted by molar-refractivity contribution is 6.41. The molecule has 0 spiro atoms. The second kappa shape index (κ2) is 11.2. The summed E-state index contributed by atoms with van der Waals surface area (Å²) in [6, 6.07) is 27.1. The van der Waals surface area contributed by atoms with E-state index >= 15 is 8.63 Å². The number of H-pyrrole nitrogens is 4. The summed E-state index contributed by atoms with van der Waals surface area (Å²) in [5.41, 5.74) is 8.48. The lowest BCUT2D eigenvalue weighted by Gasteiger charge is -2.20. The molecule has 1 aliphatic rings. The van der Waals surface area contributed by atoms with Crippen LogP contribution in [0.4, 0.5) is 8.63 Å². The molecule has 6 nitrogen and oxygen atoms in total. The standard InChI is InChI=1S/C34H29BF2N6/c1-22-10-12-23(13-11-22)32(28-14-15-29(42-28)33(24-6-2-18-38-24)25-7-3-19-39-25)30-16-17-31(43(30)35(36)37)34(26-8-4-20-40-26)27-9-5-21-41-27/h2-21,33-34,38-41H,1H3/b32-28+. The van der Waals surface area contributed by atoms with Crippen LogP contribution < -0.4 is 0 Å². The molecular formula is C34H29BF2N6. The smallest absolute Gasteiger partial charge is 0.364 e. The Hall–Kier alpha value is -5.31. The number of aromatic amines is 4. The first-order chi connectivity index (χ1) is 21.1. The molecule has 0 fully saturated rings. The van der Waals surface area contributed by atoms with Crippen LogP contribution in [-0.4, -0.2) is 37.5 Å². The number of nitrogens with zero attached hydrogens (tertiary/aromatic N) is 2. The van der Waals surface area contributed by atoms with E-state index in [1.54, 1.807) is 12.1 Å². The first-order valence-corrected chi connectivity index (χ1v) is 14.2. The quantitative estimate of drug-likeness (QED) is 0.129. The van der Waals surface area contributed by atoms with Gasteiger partial charge in [0.1, 0.15) is 0 Å². The van der Waals surface area contributed by atoms with Gasteiger partial charge in [-0.15, -0.1) is 0 Å². The molecule has 0 radical (unpaired) electrons. The summed E-state index contributed by atoms with van der Waals surface area (Å²) >= 11 is 0. The predicted molar refractivity (Wildman–Crippen MR) is 168 cm³/mol. The molecule has 4 N–H and O–H groups in total. The maximum Gasteiger partial charge on any atom is 0.677 e. The molecule has 7 rings (SSSR count). The molecule has 0 saturated heterocycles. The average molecular weight is 570 g/mol. The van der Waals surface area contributed by atoms with Gasteiger partial charge in [0.05, 0.1) is 23.2 Å². The van der Waals surface area contributed by atoms with E-state index in [0.29, 0.717) is 22.7 Å². The van der Waals surface area contributed by atoms with Gasteiger partial charge in [0, 0.05) is 64.5 Å². The van der Waals surface area contributed by atoms with Crippen LogP contribution >= 0.6 is 0 Å². The molecule has 6 heterocycles. The molecule has 6 aromatic rings. The highest BCUT2D eigenvalue weighted by Crippen LogP contribution is 2.38. The zero-order valence-electron chi connectivity index (χ0n) is 23.4. The third kappa shape index (κ3) is 4.93. The van der Waals surface area contributed by atoms with Crippen molar-refractivity contribution in [2.75, 3.05) is 0 Å². The van der Waals surface area contributed by atoms with E-state index < -0.39 is 13.3 Å². The van der Waals surface area contributed by atoms with Gasteiger partial charge < -0.3 is 24.4 Å². The number of halogens is 2. The van der Waals surface area contributed by atoms with Gasteiger partial charge in [0.25, 0.3) is 0 Å². The maximum absolute atomic E-state index is 15.2. The van der Waals surface area contributed by atoms with Gasteiger partial charge in [-0.25, -0.2) is 0 Å². The fourth-order valence-electron chi connectivity index (χ4n) is 6.01. The van der Waals surface area contributed by atoms with Crippen molar-refractivity contribution in [2.24, 2.45) is 4.99 Å². The minimum absolute atomic E-state index is 0.166. The Balaban J connectivity index is 1.43. The summed E-state index contributed by atoms with van der Waals surface area (Å²) in [6.07, 6.45) is 11.3. The molecule has 9 heteroatoms. The summed E-state index contributed by atoms with van der Waals surface area (Å²) in [5.74, 6) is -0.610. The van der Waals surface area contributed by atoms with E-state index in [9.17, 15) is 0 Å². The highest BCUT2D eigenvalue weighted by Gasteiger charge is 2.33.